The van der Waals surface area contributed by atoms with Crippen LogP contribution in [0.15, 0.2) is 88.8 Å². The van der Waals surface area contributed by atoms with Gasteiger partial charge in [-0.15, -0.1) is 0 Å². The Hall–Kier alpha value is -3.14. The van der Waals surface area contributed by atoms with E-state index in [1.807, 2.05) is 0 Å². The Balaban J connectivity index is 1.91. The third kappa shape index (κ3) is 4.59. The fourth-order valence-electron chi connectivity index (χ4n) is 3.25. The minimum atomic E-state index is -4.66. The van der Waals surface area contributed by atoms with Gasteiger partial charge in [0.15, 0.2) is 0 Å². The normalized spacial score (nSPS) is 12.0. The summed E-state index contributed by atoms with van der Waals surface area (Å²) in [5, 5.41) is 4.63. The molecule has 0 spiro atoms. The first kappa shape index (κ1) is 24.0. The number of halogens is 5. The molecule has 4 aromatic rings. The van der Waals surface area contributed by atoms with Crippen LogP contribution in [0.5, 0.6) is 0 Å². The smallest absolute Gasteiger partial charge is 0.267 e. The van der Waals surface area contributed by atoms with Crippen molar-refractivity contribution in [1.82, 2.24) is 9.78 Å². The molecule has 1 aromatic heterocycles. The number of hydrogen-bond acceptors (Lipinski definition) is 4. The first-order valence-corrected chi connectivity index (χ1v) is 11.8. The Morgan fingerprint density at radius 2 is 1.47 bits per heavy atom. The molecule has 0 aliphatic rings. The predicted molar refractivity (Wildman–Crippen MR) is 121 cm³/mol. The second-order valence-corrected chi connectivity index (χ2v) is 9.91. The SMILES string of the molecule is O=C(c1cccc(C(F)(F)F)c1)n1ncc(S(=O)(=O)c2ccc(Cl)cc2)c1-c1ccc(Cl)cc1. The molecule has 0 N–H and O–H groups in total. The van der Waals surface area contributed by atoms with Crippen molar-refractivity contribution in [2.45, 2.75) is 16.0 Å². The van der Waals surface area contributed by atoms with Crippen LogP contribution >= 0.6 is 23.2 Å². The van der Waals surface area contributed by atoms with Gasteiger partial charge in [-0.1, -0.05) is 41.4 Å². The molecule has 0 saturated carbocycles. The Morgan fingerprint density at radius 1 is 0.882 bits per heavy atom. The number of alkyl halides is 3. The van der Waals surface area contributed by atoms with E-state index in [1.54, 1.807) is 0 Å². The molecule has 3 aromatic carbocycles. The lowest BCUT2D eigenvalue weighted by molar-refractivity contribution is -0.137. The van der Waals surface area contributed by atoms with Crippen molar-refractivity contribution >= 4 is 38.9 Å². The Labute approximate surface area is 202 Å². The molecule has 0 radical (unpaired) electrons. The van der Waals surface area contributed by atoms with Crippen molar-refractivity contribution in [3.05, 3.63) is 100 Å². The van der Waals surface area contributed by atoms with E-state index < -0.39 is 27.5 Å². The summed E-state index contributed by atoms with van der Waals surface area (Å²) < 4.78 is 67.0. The van der Waals surface area contributed by atoms with Gasteiger partial charge in [-0.2, -0.15) is 23.0 Å². The highest BCUT2D eigenvalue weighted by molar-refractivity contribution is 7.91. The molecule has 0 aliphatic heterocycles. The van der Waals surface area contributed by atoms with Crippen molar-refractivity contribution in [1.29, 1.82) is 0 Å². The van der Waals surface area contributed by atoms with Crippen LogP contribution in [-0.4, -0.2) is 24.1 Å². The maximum absolute atomic E-state index is 13.4. The lowest BCUT2D eigenvalue weighted by Gasteiger charge is -2.12. The molecule has 1 heterocycles. The third-order valence-electron chi connectivity index (χ3n) is 4.90. The second-order valence-electron chi connectivity index (χ2n) is 7.12. The Kier molecular flexibility index (Phi) is 6.28. The first-order valence-electron chi connectivity index (χ1n) is 9.55. The van der Waals surface area contributed by atoms with Gasteiger partial charge in [0, 0.05) is 21.2 Å². The van der Waals surface area contributed by atoms with Crippen LogP contribution in [0.4, 0.5) is 13.2 Å². The molecule has 5 nitrogen and oxygen atoms in total. The molecule has 0 fully saturated rings. The van der Waals surface area contributed by atoms with Crippen LogP contribution in [-0.2, 0) is 16.0 Å². The lowest BCUT2D eigenvalue weighted by Crippen LogP contribution is -2.17. The van der Waals surface area contributed by atoms with Gasteiger partial charge in [0.1, 0.15) is 4.90 Å². The average molecular weight is 525 g/mol. The van der Waals surface area contributed by atoms with Crippen LogP contribution in [0.1, 0.15) is 15.9 Å². The van der Waals surface area contributed by atoms with E-state index in [1.165, 1.54) is 54.6 Å². The van der Waals surface area contributed by atoms with Crippen LogP contribution in [0.2, 0.25) is 10.0 Å². The van der Waals surface area contributed by atoms with Crippen molar-refractivity contribution < 1.29 is 26.4 Å². The number of rotatable bonds is 4. The first-order chi connectivity index (χ1) is 16.0. The molecule has 34 heavy (non-hydrogen) atoms. The summed E-state index contributed by atoms with van der Waals surface area (Å²) in [7, 11) is -4.18. The van der Waals surface area contributed by atoms with Gasteiger partial charge < -0.3 is 0 Å². The zero-order valence-corrected chi connectivity index (χ0v) is 19.3. The minimum Gasteiger partial charge on any atom is -0.267 e. The Morgan fingerprint density at radius 3 is 2.06 bits per heavy atom. The summed E-state index contributed by atoms with van der Waals surface area (Å²) in [6.45, 7) is 0. The number of sulfone groups is 1. The van der Waals surface area contributed by atoms with Gasteiger partial charge >= 0.3 is 6.18 Å². The number of hydrogen-bond donors (Lipinski definition) is 0. The van der Waals surface area contributed by atoms with E-state index in [2.05, 4.69) is 5.10 Å². The lowest BCUT2D eigenvalue weighted by atomic mass is 10.1. The number of carbonyl (C=O) groups is 1. The molecule has 0 unspecified atom stereocenters. The molecule has 174 valence electrons. The summed E-state index contributed by atoms with van der Waals surface area (Å²) in [4.78, 5) is 12.8. The van der Waals surface area contributed by atoms with E-state index in [0.29, 0.717) is 16.1 Å². The molecule has 0 atom stereocenters. The quantitative estimate of drug-likeness (QED) is 0.310. The monoisotopic (exact) mass is 524 g/mol. The maximum Gasteiger partial charge on any atom is 0.416 e. The average Bonchev–Trinajstić information content (AvgIpc) is 3.25. The van der Waals surface area contributed by atoms with E-state index in [4.69, 9.17) is 23.2 Å². The number of nitrogens with zero attached hydrogens (tertiary/aromatic N) is 2. The Bertz CT molecular complexity index is 1480. The highest BCUT2D eigenvalue weighted by Crippen LogP contribution is 2.34. The van der Waals surface area contributed by atoms with E-state index >= 15 is 0 Å². The fraction of sp³-hybridized carbons (Fsp3) is 0.0435. The minimum absolute atomic E-state index is 0.0989. The number of carbonyl (C=O) groups excluding carboxylic acids is 1. The van der Waals surface area contributed by atoms with Crippen LogP contribution in [0, 0.1) is 0 Å². The highest BCUT2D eigenvalue weighted by Gasteiger charge is 2.32. The zero-order valence-electron chi connectivity index (χ0n) is 16.9. The van der Waals surface area contributed by atoms with Gasteiger partial charge in [0.25, 0.3) is 5.91 Å². The summed E-state index contributed by atoms with van der Waals surface area (Å²) in [5.41, 5.74) is -1.18. The van der Waals surface area contributed by atoms with Gasteiger partial charge in [0.2, 0.25) is 9.84 Å². The largest absolute Gasteiger partial charge is 0.416 e. The molecule has 11 heteroatoms. The molecule has 4 rings (SSSR count). The summed E-state index contributed by atoms with van der Waals surface area (Å²) in [6.07, 6.45) is -3.68. The number of benzene rings is 3. The van der Waals surface area contributed by atoms with E-state index in [-0.39, 0.29) is 26.6 Å². The van der Waals surface area contributed by atoms with Crippen molar-refractivity contribution in [2.75, 3.05) is 0 Å². The third-order valence-corrected chi connectivity index (χ3v) is 7.17. The topological polar surface area (TPSA) is 69.0 Å². The molecule has 0 aliphatic carbocycles. The summed E-state index contributed by atoms with van der Waals surface area (Å²) in [5.74, 6) is -0.936. The zero-order chi connectivity index (χ0) is 24.7. The number of aromatic nitrogens is 2. The maximum atomic E-state index is 13.4. The molecule has 0 saturated heterocycles. The van der Waals surface area contributed by atoms with Crippen LogP contribution < -0.4 is 0 Å². The van der Waals surface area contributed by atoms with Crippen molar-refractivity contribution in [2.24, 2.45) is 0 Å². The molecule has 0 amide bonds. The van der Waals surface area contributed by atoms with Crippen molar-refractivity contribution in [3.8, 4) is 11.3 Å². The van der Waals surface area contributed by atoms with Gasteiger partial charge in [-0.25, -0.2) is 8.42 Å². The highest BCUT2D eigenvalue weighted by atomic mass is 35.5. The molecular formula is C23H13Cl2F3N2O3S. The van der Waals surface area contributed by atoms with Crippen molar-refractivity contribution in [3.63, 3.8) is 0 Å². The molecule has 0 bridgehead atoms. The second kappa shape index (κ2) is 8.90. The van der Waals surface area contributed by atoms with Crippen LogP contribution in [0.25, 0.3) is 11.3 Å². The molecular weight excluding hydrogens is 512 g/mol. The standard InChI is InChI=1S/C23H13Cl2F3N2O3S/c24-17-6-4-14(5-7-17)21-20(34(32,33)19-10-8-18(25)9-11-19)13-29-30(21)22(31)15-2-1-3-16(12-15)23(26,27)28/h1-13H. The van der Waals surface area contributed by atoms with E-state index in [0.717, 1.165) is 23.0 Å². The van der Waals surface area contributed by atoms with Gasteiger partial charge in [0.05, 0.1) is 22.3 Å². The van der Waals surface area contributed by atoms with Gasteiger partial charge in [-0.05, 0) is 54.6 Å². The fourth-order valence-corrected chi connectivity index (χ4v) is 4.89. The summed E-state index contributed by atoms with van der Waals surface area (Å²) >= 11 is 11.8. The summed E-state index contributed by atoms with van der Waals surface area (Å²) in [6, 6.07) is 15.1. The van der Waals surface area contributed by atoms with E-state index in [9.17, 15) is 26.4 Å². The van der Waals surface area contributed by atoms with Crippen LogP contribution in [0.3, 0.4) is 0 Å². The van der Waals surface area contributed by atoms with Gasteiger partial charge in [-0.3, -0.25) is 4.79 Å². The predicted octanol–water partition coefficient (Wildman–Crippen LogP) is 6.40.